The van der Waals surface area contributed by atoms with Gasteiger partial charge in [-0.25, -0.2) is 9.69 Å². The molecule has 0 spiro atoms. The second kappa shape index (κ2) is 12.0. The third-order valence-electron chi connectivity index (χ3n) is 4.16. The molecule has 0 aliphatic heterocycles. The first-order valence-corrected chi connectivity index (χ1v) is 9.88. The number of aromatic hydroxyl groups is 1. The van der Waals surface area contributed by atoms with Crippen molar-refractivity contribution in [3.05, 3.63) is 29.8 Å². The molecule has 1 aromatic carbocycles. The van der Waals surface area contributed by atoms with Crippen LogP contribution in [0.4, 0.5) is 4.79 Å². The summed E-state index contributed by atoms with van der Waals surface area (Å²) in [6.07, 6.45) is -0.893. The van der Waals surface area contributed by atoms with Crippen LogP contribution in [0.15, 0.2) is 24.3 Å². The zero-order chi connectivity index (χ0) is 24.5. The van der Waals surface area contributed by atoms with Gasteiger partial charge in [-0.15, -0.1) is 0 Å². The van der Waals surface area contributed by atoms with Crippen molar-refractivity contribution in [1.29, 1.82) is 0 Å². The van der Waals surface area contributed by atoms with Gasteiger partial charge >= 0.3 is 12.1 Å². The van der Waals surface area contributed by atoms with Gasteiger partial charge in [0.1, 0.15) is 23.9 Å². The first-order chi connectivity index (χ1) is 14.9. The van der Waals surface area contributed by atoms with Crippen LogP contribution in [0.2, 0.25) is 0 Å². The van der Waals surface area contributed by atoms with Crippen LogP contribution in [0, 0.1) is 0 Å². The number of benzene rings is 1. The summed E-state index contributed by atoms with van der Waals surface area (Å²) in [7, 11) is 2.86. The van der Waals surface area contributed by atoms with Gasteiger partial charge in [0.15, 0.2) is 0 Å². The van der Waals surface area contributed by atoms with E-state index in [9.17, 15) is 24.3 Å². The predicted octanol–water partition coefficient (Wildman–Crippen LogP) is 0.502. The summed E-state index contributed by atoms with van der Waals surface area (Å²) >= 11 is 0. The number of nitrogens with zero attached hydrogens (tertiary/aromatic N) is 1. The summed E-state index contributed by atoms with van der Waals surface area (Å²) in [4.78, 5) is 49.8. The molecule has 0 saturated carbocycles. The topological polar surface area (TPSA) is 154 Å². The molecule has 0 saturated heterocycles. The molecule has 11 nitrogen and oxygen atoms in total. The summed E-state index contributed by atoms with van der Waals surface area (Å²) in [5, 5.41) is 23.9. The Balaban J connectivity index is 3.02. The van der Waals surface area contributed by atoms with Gasteiger partial charge in [-0.05, 0) is 51.9 Å². The van der Waals surface area contributed by atoms with E-state index in [1.165, 1.54) is 19.2 Å². The maximum Gasteiger partial charge on any atom is 0.417 e. The van der Waals surface area contributed by atoms with E-state index in [0.29, 0.717) is 4.90 Å². The van der Waals surface area contributed by atoms with E-state index in [0.717, 1.165) is 5.56 Å². The Morgan fingerprint density at radius 2 is 1.69 bits per heavy atom. The van der Waals surface area contributed by atoms with Gasteiger partial charge in [0.25, 0.3) is 5.91 Å². The standard InChI is InChI=1S/C21H31N3O8/c1-21(2,3)32-20(30)24(11-17(26)27)19(29)16(12-31-5)23-18(28)15(22-4)10-13-6-8-14(25)9-7-13/h6-9,15-16,22,25H,10-12H2,1-5H3,(H,23,28)(H,26,27)/t15-,16-/m0/s1. The van der Waals surface area contributed by atoms with Crippen molar-refractivity contribution in [3.63, 3.8) is 0 Å². The Morgan fingerprint density at radius 3 is 2.16 bits per heavy atom. The molecule has 32 heavy (non-hydrogen) atoms. The number of amides is 3. The lowest BCUT2D eigenvalue weighted by Gasteiger charge is -2.28. The van der Waals surface area contributed by atoms with Crippen LogP contribution in [-0.4, -0.2) is 84.0 Å². The van der Waals surface area contributed by atoms with Gasteiger partial charge < -0.3 is 30.3 Å². The summed E-state index contributed by atoms with van der Waals surface area (Å²) < 4.78 is 10.1. The van der Waals surface area contributed by atoms with Gasteiger partial charge in [0, 0.05) is 7.11 Å². The molecule has 1 aromatic rings. The number of carbonyl (C=O) groups is 4. The fourth-order valence-corrected chi connectivity index (χ4v) is 2.68. The maximum absolute atomic E-state index is 13.0. The Hall–Kier alpha value is -3.18. The van der Waals surface area contributed by atoms with E-state index < -0.39 is 48.1 Å². The summed E-state index contributed by atoms with van der Waals surface area (Å²) in [6, 6.07) is 4.21. The Labute approximate surface area is 186 Å². The zero-order valence-electron chi connectivity index (χ0n) is 18.9. The van der Waals surface area contributed by atoms with E-state index >= 15 is 0 Å². The first kappa shape index (κ1) is 26.9. The molecule has 0 aliphatic carbocycles. The van der Waals surface area contributed by atoms with E-state index in [2.05, 4.69) is 10.6 Å². The summed E-state index contributed by atoms with van der Waals surface area (Å²) in [5.41, 5.74) is -0.205. The van der Waals surface area contributed by atoms with E-state index in [1.54, 1.807) is 40.0 Å². The van der Waals surface area contributed by atoms with E-state index in [4.69, 9.17) is 14.6 Å². The third-order valence-corrected chi connectivity index (χ3v) is 4.16. The molecule has 0 aliphatic rings. The molecular weight excluding hydrogens is 422 g/mol. The van der Waals surface area contributed by atoms with Crippen LogP contribution in [0.3, 0.4) is 0 Å². The van der Waals surface area contributed by atoms with Gasteiger partial charge in [0.2, 0.25) is 5.91 Å². The fraction of sp³-hybridized carbons (Fsp3) is 0.524. The van der Waals surface area contributed by atoms with Gasteiger partial charge in [0.05, 0.1) is 12.6 Å². The molecule has 178 valence electrons. The number of aliphatic carboxylic acids is 1. The van der Waals surface area contributed by atoms with Crippen LogP contribution >= 0.6 is 0 Å². The molecule has 0 unspecified atom stereocenters. The lowest BCUT2D eigenvalue weighted by atomic mass is 10.0. The average molecular weight is 453 g/mol. The number of nitrogens with one attached hydrogen (secondary N) is 2. The molecule has 11 heteroatoms. The Kier molecular flexibility index (Phi) is 10.1. The zero-order valence-corrected chi connectivity index (χ0v) is 18.9. The highest BCUT2D eigenvalue weighted by molar-refractivity contribution is 5.99. The van der Waals surface area contributed by atoms with Crippen LogP contribution < -0.4 is 10.6 Å². The van der Waals surface area contributed by atoms with Crippen LogP contribution in [0.1, 0.15) is 26.3 Å². The van der Waals surface area contributed by atoms with Gasteiger partial charge in [-0.3, -0.25) is 14.4 Å². The minimum Gasteiger partial charge on any atom is -0.508 e. The van der Waals surface area contributed by atoms with Crippen molar-refractivity contribution in [2.45, 2.75) is 44.9 Å². The maximum atomic E-state index is 13.0. The van der Waals surface area contributed by atoms with Crippen molar-refractivity contribution in [3.8, 4) is 5.75 Å². The fourth-order valence-electron chi connectivity index (χ4n) is 2.68. The lowest BCUT2D eigenvalue weighted by Crippen LogP contribution is -2.57. The number of carboxylic acids is 1. The molecule has 2 atom stereocenters. The smallest absolute Gasteiger partial charge is 0.417 e. The number of likely N-dealkylation sites (N-methyl/N-ethyl adjacent to an activating group) is 1. The number of imide groups is 1. The summed E-state index contributed by atoms with van der Waals surface area (Å²) in [5.74, 6) is -2.87. The first-order valence-electron chi connectivity index (χ1n) is 9.88. The molecule has 0 bridgehead atoms. The molecule has 0 heterocycles. The van der Waals surface area contributed by atoms with Crippen LogP contribution in [0.25, 0.3) is 0 Å². The van der Waals surface area contributed by atoms with Crippen molar-refractivity contribution < 1.29 is 38.9 Å². The third kappa shape index (κ3) is 8.90. The quantitative estimate of drug-likeness (QED) is 0.396. The predicted molar refractivity (Wildman–Crippen MR) is 114 cm³/mol. The second-order valence-corrected chi connectivity index (χ2v) is 8.03. The number of rotatable bonds is 10. The number of methoxy groups -OCH3 is 1. The van der Waals surface area contributed by atoms with Gasteiger partial charge in [-0.2, -0.15) is 0 Å². The van der Waals surface area contributed by atoms with Crippen LogP contribution in [0.5, 0.6) is 5.75 Å². The normalized spacial score (nSPS) is 13.0. The number of carbonyl (C=O) groups excluding carboxylic acids is 3. The Bertz CT molecular complexity index is 804. The monoisotopic (exact) mass is 453 g/mol. The van der Waals surface area contributed by atoms with Crippen LogP contribution in [-0.2, 0) is 30.3 Å². The van der Waals surface area contributed by atoms with E-state index in [1.807, 2.05) is 0 Å². The number of carboxylic acid groups (broad SMARTS) is 1. The molecule has 4 N–H and O–H groups in total. The highest BCUT2D eigenvalue weighted by Gasteiger charge is 2.35. The highest BCUT2D eigenvalue weighted by Crippen LogP contribution is 2.13. The second-order valence-electron chi connectivity index (χ2n) is 8.03. The Morgan fingerprint density at radius 1 is 1.09 bits per heavy atom. The largest absolute Gasteiger partial charge is 0.508 e. The lowest BCUT2D eigenvalue weighted by molar-refractivity contribution is -0.146. The minimum absolute atomic E-state index is 0.0885. The molecule has 3 amide bonds. The number of hydrogen-bond donors (Lipinski definition) is 4. The number of ether oxygens (including phenoxy) is 2. The van der Waals surface area contributed by atoms with Crippen molar-refractivity contribution in [2.75, 3.05) is 27.3 Å². The molecule has 0 radical (unpaired) electrons. The molecule has 0 fully saturated rings. The molecule has 0 aromatic heterocycles. The van der Waals surface area contributed by atoms with Crippen molar-refractivity contribution >= 4 is 23.9 Å². The number of hydrogen-bond acceptors (Lipinski definition) is 8. The average Bonchev–Trinajstić information content (AvgIpc) is 2.69. The number of phenolic OH excluding ortho intramolecular Hbond substituents is 1. The van der Waals surface area contributed by atoms with Crippen molar-refractivity contribution in [1.82, 2.24) is 15.5 Å². The van der Waals surface area contributed by atoms with Crippen molar-refractivity contribution in [2.24, 2.45) is 0 Å². The highest BCUT2D eigenvalue weighted by atomic mass is 16.6. The summed E-state index contributed by atoms with van der Waals surface area (Å²) in [6.45, 7) is 3.49. The molecular formula is C21H31N3O8. The number of phenols is 1. The molecule has 1 rings (SSSR count). The SMILES string of the molecule is CN[C@@H](Cc1ccc(O)cc1)C(=O)N[C@@H](COC)C(=O)N(CC(=O)O)C(=O)OC(C)(C)C. The van der Waals surface area contributed by atoms with Gasteiger partial charge in [-0.1, -0.05) is 12.1 Å². The van der Waals surface area contributed by atoms with E-state index in [-0.39, 0.29) is 18.8 Å². The minimum atomic E-state index is -1.42.